The lowest BCUT2D eigenvalue weighted by Crippen LogP contribution is -1.90. The highest BCUT2D eigenvalue weighted by molar-refractivity contribution is 6.34. The van der Waals surface area contributed by atoms with Crippen molar-refractivity contribution in [2.75, 3.05) is 0 Å². The first-order chi connectivity index (χ1) is 25.3. The summed E-state index contributed by atoms with van der Waals surface area (Å²) in [4.78, 5) is 4.84. The lowest BCUT2D eigenvalue weighted by Gasteiger charge is -2.17. The Morgan fingerprint density at radius 3 is 1.59 bits per heavy atom. The maximum Gasteiger partial charge on any atom is 0.137 e. The predicted molar refractivity (Wildman–Crippen MR) is 217 cm³/mol. The van der Waals surface area contributed by atoms with Gasteiger partial charge in [-0.1, -0.05) is 158 Å². The average molecular weight is 647 g/mol. The predicted octanol–water partition coefficient (Wildman–Crippen LogP) is 13.3. The molecule has 11 aromatic rings. The van der Waals surface area contributed by atoms with Crippen LogP contribution in [-0.2, 0) is 0 Å². The molecule has 0 bridgehead atoms. The summed E-state index contributed by atoms with van der Waals surface area (Å²) in [6.07, 6.45) is 4.14. The molecule has 0 fully saturated rings. The van der Waals surface area contributed by atoms with E-state index in [9.17, 15) is 0 Å². The Labute approximate surface area is 294 Å². The molecule has 2 heterocycles. The summed E-state index contributed by atoms with van der Waals surface area (Å²) >= 11 is 0. The van der Waals surface area contributed by atoms with E-state index in [2.05, 4.69) is 162 Å². The number of imidazole rings is 1. The molecule has 2 heteroatoms. The highest BCUT2D eigenvalue weighted by atomic mass is 15.0. The molecule has 0 spiro atoms. The minimum atomic E-state index is 0.952. The van der Waals surface area contributed by atoms with Crippen LogP contribution in [0.3, 0.4) is 0 Å². The second-order valence-electron chi connectivity index (χ2n) is 13.5. The number of aromatic nitrogens is 2. The molecule has 0 N–H and O–H groups in total. The summed E-state index contributed by atoms with van der Waals surface area (Å²) in [6.45, 7) is 0. The molecular weight excluding hydrogens is 617 g/mol. The fraction of sp³-hybridized carbons (Fsp3) is 0. The second-order valence-corrected chi connectivity index (χ2v) is 13.5. The number of nitrogens with zero attached hydrogens (tertiary/aromatic N) is 2. The molecule has 51 heavy (non-hydrogen) atoms. The van der Waals surface area contributed by atoms with Crippen LogP contribution in [0.25, 0.3) is 104 Å². The molecule has 0 saturated heterocycles. The molecule has 9 aromatic carbocycles. The number of pyridine rings is 1. The zero-order valence-corrected chi connectivity index (χ0v) is 27.7. The summed E-state index contributed by atoms with van der Waals surface area (Å²) < 4.78 is 2.07. The van der Waals surface area contributed by atoms with Crippen molar-refractivity contribution >= 4 is 70.3 Å². The van der Waals surface area contributed by atoms with E-state index in [1.807, 2.05) is 24.4 Å². The molecule has 0 aliphatic carbocycles. The first-order valence-corrected chi connectivity index (χ1v) is 17.5. The topological polar surface area (TPSA) is 17.3 Å². The lowest BCUT2D eigenvalue weighted by atomic mass is 9.86. The van der Waals surface area contributed by atoms with Crippen LogP contribution in [0.4, 0.5) is 0 Å². The lowest BCUT2D eigenvalue weighted by molar-refractivity contribution is 1.19. The summed E-state index contributed by atoms with van der Waals surface area (Å²) in [5.74, 6) is 0. The van der Waals surface area contributed by atoms with Crippen molar-refractivity contribution in [3.63, 3.8) is 0 Å². The van der Waals surface area contributed by atoms with E-state index in [-0.39, 0.29) is 0 Å². The van der Waals surface area contributed by atoms with Gasteiger partial charge in [-0.25, -0.2) is 4.98 Å². The minimum absolute atomic E-state index is 0.952. The third kappa shape index (κ3) is 4.20. The first kappa shape index (κ1) is 28.1. The van der Waals surface area contributed by atoms with Gasteiger partial charge in [0, 0.05) is 18.0 Å². The second kappa shape index (κ2) is 10.9. The van der Waals surface area contributed by atoms with Crippen LogP contribution in [0.15, 0.2) is 182 Å². The maximum atomic E-state index is 4.84. The van der Waals surface area contributed by atoms with Crippen molar-refractivity contribution in [2.24, 2.45) is 0 Å². The van der Waals surface area contributed by atoms with Gasteiger partial charge in [0.05, 0.1) is 5.69 Å². The zero-order valence-electron chi connectivity index (χ0n) is 27.7. The van der Waals surface area contributed by atoms with E-state index < -0.39 is 0 Å². The van der Waals surface area contributed by atoms with Crippen molar-refractivity contribution in [1.29, 1.82) is 0 Å². The number of benzene rings is 8. The molecule has 2 aromatic heterocycles. The van der Waals surface area contributed by atoms with Gasteiger partial charge in [0.1, 0.15) is 5.65 Å². The van der Waals surface area contributed by atoms with Gasteiger partial charge in [-0.2, -0.15) is 0 Å². The SMILES string of the molecule is c1ccc2c(-c3cccc4c5cccc6ccc7cccc(c8ccccc8c34)c7c65)ccc(-c3ccc(-c4cn5ccccc5n4)cc3)c2c1. The Morgan fingerprint density at radius 1 is 0.333 bits per heavy atom. The average Bonchev–Trinajstić information content (AvgIpc) is 3.64. The largest absolute Gasteiger partial charge is 0.306 e. The van der Waals surface area contributed by atoms with Crippen molar-refractivity contribution in [3.8, 4) is 33.5 Å². The third-order valence-corrected chi connectivity index (χ3v) is 10.8. The van der Waals surface area contributed by atoms with Crippen molar-refractivity contribution < 1.29 is 0 Å². The van der Waals surface area contributed by atoms with Gasteiger partial charge in [0.25, 0.3) is 0 Å². The van der Waals surface area contributed by atoms with Gasteiger partial charge in [0.15, 0.2) is 0 Å². The van der Waals surface area contributed by atoms with E-state index in [0.717, 1.165) is 16.9 Å². The maximum absolute atomic E-state index is 4.84. The Kier molecular flexibility index (Phi) is 5.99. The molecule has 2 nitrogen and oxygen atoms in total. The van der Waals surface area contributed by atoms with Crippen LogP contribution in [0.1, 0.15) is 0 Å². The van der Waals surface area contributed by atoms with Gasteiger partial charge in [-0.05, 0) is 99.0 Å². The van der Waals surface area contributed by atoms with Crippen LogP contribution < -0.4 is 0 Å². The number of rotatable bonds is 3. The van der Waals surface area contributed by atoms with Crippen LogP contribution in [-0.4, -0.2) is 9.38 Å². The first-order valence-electron chi connectivity index (χ1n) is 17.5. The number of fused-ring (bicyclic) bond motifs is 7. The highest BCUT2D eigenvalue weighted by Gasteiger charge is 2.17. The van der Waals surface area contributed by atoms with E-state index >= 15 is 0 Å². The monoisotopic (exact) mass is 646 g/mol. The smallest absolute Gasteiger partial charge is 0.137 e. The molecule has 0 unspecified atom stereocenters. The summed E-state index contributed by atoms with van der Waals surface area (Å²) in [7, 11) is 0. The van der Waals surface area contributed by atoms with Crippen LogP contribution in [0.5, 0.6) is 0 Å². The van der Waals surface area contributed by atoms with Crippen LogP contribution in [0.2, 0.25) is 0 Å². The Balaban J connectivity index is 1.17. The van der Waals surface area contributed by atoms with Gasteiger partial charge < -0.3 is 4.40 Å². The number of hydrogen-bond donors (Lipinski definition) is 0. The van der Waals surface area contributed by atoms with E-state index in [1.54, 1.807) is 0 Å². The van der Waals surface area contributed by atoms with Crippen LogP contribution in [0, 0.1) is 0 Å². The molecule has 11 rings (SSSR count). The van der Waals surface area contributed by atoms with Crippen molar-refractivity contribution in [1.82, 2.24) is 9.38 Å². The Hall–Kier alpha value is -6.77. The molecule has 0 radical (unpaired) electrons. The normalized spacial score (nSPS) is 11.9. The zero-order chi connectivity index (χ0) is 33.5. The highest BCUT2D eigenvalue weighted by Crippen LogP contribution is 2.44. The summed E-state index contributed by atoms with van der Waals surface area (Å²) in [5, 5.41) is 15.3. The fourth-order valence-electron chi connectivity index (χ4n) is 8.51. The van der Waals surface area contributed by atoms with E-state index in [0.29, 0.717) is 0 Å². The van der Waals surface area contributed by atoms with Gasteiger partial charge >= 0.3 is 0 Å². The van der Waals surface area contributed by atoms with Gasteiger partial charge in [-0.15, -0.1) is 0 Å². The van der Waals surface area contributed by atoms with Crippen molar-refractivity contribution in [2.45, 2.75) is 0 Å². The molecule has 0 saturated carbocycles. The van der Waals surface area contributed by atoms with Crippen LogP contribution >= 0.6 is 0 Å². The van der Waals surface area contributed by atoms with Gasteiger partial charge in [0.2, 0.25) is 0 Å². The third-order valence-electron chi connectivity index (χ3n) is 10.8. The number of hydrogen-bond acceptors (Lipinski definition) is 1. The molecule has 0 aliphatic heterocycles. The summed E-state index contributed by atoms with van der Waals surface area (Å²) in [6, 6.07) is 62.4. The fourth-order valence-corrected chi connectivity index (χ4v) is 8.51. The molecule has 236 valence electrons. The Bertz CT molecular complexity index is 3150. The minimum Gasteiger partial charge on any atom is -0.306 e. The molecule has 0 aliphatic rings. The standard InChI is InChI=1S/C49H30N2/c1-2-13-37-36(12-1)35(31-21-23-32(24-22-31)45-30-51-29-6-5-20-46(51)50-45)27-28-39(37)42-18-9-19-44-43-17-8-11-34-26-25-33-10-7-16-40(47(33)48(34)43)38-14-3-4-15-41(38)49(42)44/h1-30H. The van der Waals surface area contributed by atoms with E-state index in [4.69, 9.17) is 4.98 Å². The quantitative estimate of drug-likeness (QED) is 0.175. The molecular formula is C49H30N2. The summed E-state index contributed by atoms with van der Waals surface area (Å²) in [5.41, 5.74) is 7.93. The van der Waals surface area contributed by atoms with Gasteiger partial charge in [-0.3, -0.25) is 0 Å². The van der Waals surface area contributed by atoms with Crippen molar-refractivity contribution in [3.05, 3.63) is 182 Å². The molecule has 0 atom stereocenters. The Morgan fingerprint density at radius 2 is 0.863 bits per heavy atom. The molecule has 0 amide bonds. The van der Waals surface area contributed by atoms with E-state index in [1.165, 1.54) is 86.9 Å².